The van der Waals surface area contributed by atoms with Crippen LogP contribution in [0.15, 0.2) is 34.8 Å². The van der Waals surface area contributed by atoms with Gasteiger partial charge in [0.2, 0.25) is 0 Å². The Bertz CT molecular complexity index is 545. The van der Waals surface area contributed by atoms with Gasteiger partial charge in [0.05, 0.1) is 0 Å². The van der Waals surface area contributed by atoms with E-state index in [0.29, 0.717) is 0 Å². The highest BCUT2D eigenvalue weighted by molar-refractivity contribution is 9.10. The lowest BCUT2D eigenvalue weighted by atomic mass is 10.1. The molecule has 0 spiro atoms. The van der Waals surface area contributed by atoms with Crippen molar-refractivity contribution in [3.8, 4) is 0 Å². The van der Waals surface area contributed by atoms with Gasteiger partial charge in [0.25, 0.3) is 0 Å². The summed E-state index contributed by atoms with van der Waals surface area (Å²) in [5, 5.41) is 3.28. The smallest absolute Gasteiger partial charge is 0.135 e. The number of hydrogen-bond donors (Lipinski definition) is 1. The minimum absolute atomic E-state index is 0.747. The van der Waals surface area contributed by atoms with Crippen LogP contribution in [0.3, 0.4) is 0 Å². The zero-order valence-electron chi connectivity index (χ0n) is 12.0. The molecular formula is C16H20BrN3. The zero-order chi connectivity index (χ0) is 14.4. The predicted octanol–water partition coefficient (Wildman–Crippen LogP) is 4.21. The molecule has 0 amide bonds. The number of aromatic nitrogens is 2. The van der Waals surface area contributed by atoms with Crippen molar-refractivity contribution in [2.45, 2.75) is 33.1 Å². The number of hydrogen-bond acceptors (Lipinski definition) is 3. The summed E-state index contributed by atoms with van der Waals surface area (Å²) >= 11 is 3.58. The second kappa shape index (κ2) is 7.39. The van der Waals surface area contributed by atoms with E-state index >= 15 is 0 Å². The Balaban J connectivity index is 2.28. The van der Waals surface area contributed by atoms with Gasteiger partial charge in [0.15, 0.2) is 0 Å². The molecule has 0 bridgehead atoms. The number of benzene rings is 1. The molecule has 20 heavy (non-hydrogen) atoms. The van der Waals surface area contributed by atoms with Crippen LogP contribution < -0.4 is 5.32 Å². The van der Waals surface area contributed by atoms with Crippen LogP contribution in [-0.2, 0) is 12.8 Å². The highest BCUT2D eigenvalue weighted by Crippen LogP contribution is 2.19. The van der Waals surface area contributed by atoms with Crippen LogP contribution in [0.25, 0.3) is 0 Å². The normalized spacial score (nSPS) is 10.6. The molecule has 0 saturated heterocycles. The van der Waals surface area contributed by atoms with Crippen molar-refractivity contribution in [1.29, 1.82) is 0 Å². The SMILES string of the molecule is CCCc1cc(NCC)nc(Cc2ccccc2Br)n1. The summed E-state index contributed by atoms with van der Waals surface area (Å²) in [6.45, 7) is 5.12. The summed E-state index contributed by atoms with van der Waals surface area (Å²) in [6.07, 6.45) is 2.83. The van der Waals surface area contributed by atoms with Crippen molar-refractivity contribution in [3.63, 3.8) is 0 Å². The fourth-order valence-corrected chi connectivity index (χ4v) is 2.52. The maximum atomic E-state index is 4.67. The first kappa shape index (κ1) is 15.0. The minimum Gasteiger partial charge on any atom is -0.370 e. The van der Waals surface area contributed by atoms with Gasteiger partial charge in [-0.1, -0.05) is 47.5 Å². The molecule has 3 nitrogen and oxygen atoms in total. The molecule has 1 aromatic carbocycles. The van der Waals surface area contributed by atoms with E-state index in [0.717, 1.165) is 47.6 Å². The van der Waals surface area contributed by atoms with E-state index in [-0.39, 0.29) is 0 Å². The fraction of sp³-hybridized carbons (Fsp3) is 0.375. The van der Waals surface area contributed by atoms with E-state index in [4.69, 9.17) is 0 Å². The Hall–Kier alpha value is -1.42. The van der Waals surface area contributed by atoms with E-state index < -0.39 is 0 Å². The fourth-order valence-electron chi connectivity index (χ4n) is 2.10. The van der Waals surface area contributed by atoms with E-state index in [1.807, 2.05) is 12.1 Å². The zero-order valence-corrected chi connectivity index (χ0v) is 13.6. The summed E-state index contributed by atoms with van der Waals surface area (Å²) in [5.41, 5.74) is 2.32. The summed E-state index contributed by atoms with van der Waals surface area (Å²) in [4.78, 5) is 9.27. The molecule has 0 aliphatic rings. The van der Waals surface area contributed by atoms with Gasteiger partial charge >= 0.3 is 0 Å². The second-order valence-electron chi connectivity index (χ2n) is 4.71. The Labute approximate surface area is 129 Å². The maximum Gasteiger partial charge on any atom is 0.135 e. The average Bonchev–Trinajstić information content (AvgIpc) is 2.42. The molecule has 0 saturated carbocycles. The number of anilines is 1. The van der Waals surface area contributed by atoms with Crippen LogP contribution in [0.1, 0.15) is 37.4 Å². The van der Waals surface area contributed by atoms with E-state index in [9.17, 15) is 0 Å². The van der Waals surface area contributed by atoms with Crippen LogP contribution in [0.5, 0.6) is 0 Å². The first-order valence-electron chi connectivity index (χ1n) is 7.07. The largest absolute Gasteiger partial charge is 0.370 e. The molecule has 1 N–H and O–H groups in total. The molecule has 1 aromatic heterocycles. The molecule has 0 aliphatic heterocycles. The van der Waals surface area contributed by atoms with Crippen molar-refractivity contribution in [3.05, 3.63) is 51.9 Å². The van der Waals surface area contributed by atoms with Crippen LogP contribution in [0.4, 0.5) is 5.82 Å². The predicted molar refractivity (Wildman–Crippen MR) is 87.1 cm³/mol. The van der Waals surface area contributed by atoms with Crippen molar-refractivity contribution in [2.24, 2.45) is 0 Å². The average molecular weight is 334 g/mol. The number of rotatable bonds is 6. The molecule has 2 rings (SSSR count). The Morgan fingerprint density at radius 3 is 2.65 bits per heavy atom. The molecule has 0 aliphatic carbocycles. The summed E-state index contributed by atoms with van der Waals surface area (Å²) < 4.78 is 1.11. The first-order valence-corrected chi connectivity index (χ1v) is 7.86. The van der Waals surface area contributed by atoms with Gasteiger partial charge in [-0.3, -0.25) is 0 Å². The molecule has 0 fully saturated rings. The van der Waals surface area contributed by atoms with Crippen molar-refractivity contribution in [1.82, 2.24) is 9.97 Å². The Kier molecular flexibility index (Phi) is 5.53. The molecule has 2 aromatic rings. The van der Waals surface area contributed by atoms with Gasteiger partial charge in [-0.25, -0.2) is 9.97 Å². The van der Waals surface area contributed by atoms with E-state index in [1.165, 1.54) is 5.56 Å². The highest BCUT2D eigenvalue weighted by Gasteiger charge is 2.07. The van der Waals surface area contributed by atoms with E-state index in [1.54, 1.807) is 0 Å². The lowest BCUT2D eigenvalue weighted by molar-refractivity contribution is 0.841. The molecule has 106 valence electrons. The summed E-state index contributed by atoms with van der Waals surface area (Å²) in [5.74, 6) is 1.80. The Morgan fingerprint density at radius 1 is 1.15 bits per heavy atom. The summed E-state index contributed by atoms with van der Waals surface area (Å²) in [7, 11) is 0. The minimum atomic E-state index is 0.747. The van der Waals surface area contributed by atoms with E-state index in [2.05, 4.69) is 63.3 Å². The highest BCUT2D eigenvalue weighted by atomic mass is 79.9. The third kappa shape index (κ3) is 4.04. The Morgan fingerprint density at radius 2 is 1.95 bits per heavy atom. The van der Waals surface area contributed by atoms with Gasteiger partial charge in [-0.2, -0.15) is 0 Å². The standard InChI is InChI=1S/C16H20BrN3/c1-3-7-13-11-15(18-4-2)20-16(19-13)10-12-8-5-6-9-14(12)17/h5-6,8-9,11H,3-4,7,10H2,1-2H3,(H,18,19,20). The van der Waals surface area contributed by atoms with Crippen LogP contribution >= 0.6 is 15.9 Å². The number of nitrogens with one attached hydrogen (secondary N) is 1. The molecule has 0 unspecified atom stereocenters. The molecule has 0 radical (unpaired) electrons. The van der Waals surface area contributed by atoms with Gasteiger partial charge in [-0.05, 0) is 25.0 Å². The van der Waals surface area contributed by atoms with Gasteiger partial charge in [0, 0.05) is 29.2 Å². The first-order chi connectivity index (χ1) is 9.72. The van der Waals surface area contributed by atoms with Crippen molar-refractivity contribution >= 4 is 21.7 Å². The third-order valence-electron chi connectivity index (χ3n) is 3.00. The third-order valence-corrected chi connectivity index (χ3v) is 3.77. The van der Waals surface area contributed by atoms with Crippen molar-refractivity contribution < 1.29 is 0 Å². The van der Waals surface area contributed by atoms with Crippen LogP contribution in [0, 0.1) is 0 Å². The second-order valence-corrected chi connectivity index (χ2v) is 5.56. The maximum absolute atomic E-state index is 4.67. The quantitative estimate of drug-likeness (QED) is 0.860. The molecular weight excluding hydrogens is 314 g/mol. The monoisotopic (exact) mass is 333 g/mol. The lowest BCUT2D eigenvalue weighted by Gasteiger charge is -2.09. The number of nitrogens with zero attached hydrogens (tertiary/aromatic N) is 2. The molecule has 4 heteroatoms. The topological polar surface area (TPSA) is 37.8 Å². The van der Waals surface area contributed by atoms with Gasteiger partial charge in [-0.15, -0.1) is 0 Å². The van der Waals surface area contributed by atoms with Crippen molar-refractivity contribution in [2.75, 3.05) is 11.9 Å². The van der Waals surface area contributed by atoms with Crippen LogP contribution in [-0.4, -0.2) is 16.5 Å². The number of halogens is 1. The lowest BCUT2D eigenvalue weighted by Crippen LogP contribution is -2.07. The number of aryl methyl sites for hydroxylation is 1. The van der Waals surface area contributed by atoms with Gasteiger partial charge in [0.1, 0.15) is 11.6 Å². The molecule has 0 atom stereocenters. The summed E-state index contributed by atoms with van der Waals surface area (Å²) in [6, 6.07) is 10.3. The van der Waals surface area contributed by atoms with Crippen LogP contribution in [0.2, 0.25) is 0 Å². The molecule has 1 heterocycles. The van der Waals surface area contributed by atoms with Gasteiger partial charge < -0.3 is 5.32 Å².